The molecule has 3 fully saturated rings. The summed E-state index contributed by atoms with van der Waals surface area (Å²) >= 11 is 0. The Bertz CT molecular complexity index is 494. The number of primary amides is 1. The van der Waals surface area contributed by atoms with Crippen molar-refractivity contribution in [1.82, 2.24) is 0 Å². The molecule has 0 unspecified atom stereocenters. The number of hydrogen-bond donors (Lipinski definition) is 1. The Balaban J connectivity index is 2.10. The van der Waals surface area contributed by atoms with Crippen molar-refractivity contribution in [2.75, 3.05) is 45.8 Å². The zero-order valence-corrected chi connectivity index (χ0v) is 11.4. The molecule has 0 aromatic carbocycles. The highest BCUT2D eigenvalue weighted by atomic mass is 32.2. The lowest BCUT2D eigenvalue weighted by molar-refractivity contribution is -1.16. The molecule has 116 valence electrons. The van der Waals surface area contributed by atoms with Crippen LogP contribution in [0.5, 0.6) is 0 Å². The summed E-state index contributed by atoms with van der Waals surface area (Å²) < 4.78 is 63.6. The first-order valence-corrected chi connectivity index (χ1v) is 7.42. The van der Waals surface area contributed by atoms with Crippen LogP contribution < -0.4 is 5.73 Å². The van der Waals surface area contributed by atoms with Gasteiger partial charge in [0.15, 0.2) is 26.2 Å². The Morgan fingerprint density at radius 3 is 1.90 bits per heavy atom. The number of piperazine rings is 3. The van der Waals surface area contributed by atoms with Crippen LogP contribution in [0.25, 0.3) is 0 Å². The number of carbonyl (C=O) groups is 1. The van der Waals surface area contributed by atoms with Crippen LogP contribution in [-0.4, -0.2) is 74.8 Å². The van der Waals surface area contributed by atoms with E-state index in [1.807, 2.05) is 0 Å². The Morgan fingerprint density at radius 1 is 1.10 bits per heavy atom. The van der Waals surface area contributed by atoms with Gasteiger partial charge in [0.25, 0.3) is 5.91 Å². The number of nitrogens with two attached hydrogens (primary N) is 1. The number of rotatable bonds is 4. The van der Waals surface area contributed by atoms with Gasteiger partial charge in [-0.3, -0.25) is 4.79 Å². The summed E-state index contributed by atoms with van der Waals surface area (Å²) in [5.74, 6) is -0.476. The number of carbonyl (C=O) groups excluding carboxylic acids is 1. The van der Waals surface area contributed by atoms with Crippen molar-refractivity contribution in [2.24, 2.45) is 5.73 Å². The maximum Gasteiger partial charge on any atom is 0.528 e. The third-order valence-corrected chi connectivity index (χ3v) is 5.06. The summed E-state index contributed by atoms with van der Waals surface area (Å²) in [7, 11) is -5.61. The summed E-state index contributed by atoms with van der Waals surface area (Å²) in [4.78, 5) is 11.0. The number of quaternary nitrogens is 2. The molecule has 1 amide bonds. The number of hydrogen-bond acceptors (Lipinski definition) is 4. The lowest BCUT2D eigenvalue weighted by atomic mass is 10.1. The van der Waals surface area contributed by atoms with Gasteiger partial charge in [-0.25, -0.2) is 0 Å². The third kappa shape index (κ3) is 2.75. The van der Waals surface area contributed by atoms with Gasteiger partial charge in [0.1, 0.15) is 19.6 Å². The molecular weight excluding hydrogens is 303 g/mol. The molecule has 2 N–H and O–H groups in total. The predicted molar refractivity (Wildman–Crippen MR) is 59.8 cm³/mol. The summed E-state index contributed by atoms with van der Waals surface area (Å²) in [5, 5.41) is 0. The van der Waals surface area contributed by atoms with Gasteiger partial charge in [-0.1, -0.05) is 4.28 Å². The molecule has 11 heteroatoms. The van der Waals surface area contributed by atoms with Crippen LogP contribution >= 0.6 is 0 Å². The van der Waals surface area contributed by atoms with Gasteiger partial charge in [-0.2, -0.15) is 21.6 Å². The second kappa shape index (κ2) is 4.55. The molecule has 3 aliphatic rings. The van der Waals surface area contributed by atoms with Crippen LogP contribution in [0.15, 0.2) is 0 Å². The van der Waals surface area contributed by atoms with E-state index in [0.29, 0.717) is 24.1 Å². The van der Waals surface area contributed by atoms with Gasteiger partial charge < -0.3 is 10.2 Å². The quantitative estimate of drug-likeness (QED) is 0.527. The third-order valence-electron chi connectivity index (χ3n) is 3.98. The van der Waals surface area contributed by atoms with Crippen molar-refractivity contribution in [2.45, 2.75) is 5.51 Å². The van der Waals surface area contributed by atoms with E-state index in [0.717, 1.165) is 0 Å². The van der Waals surface area contributed by atoms with Crippen LogP contribution in [0.1, 0.15) is 0 Å². The average Bonchev–Trinajstić information content (AvgIpc) is 2.28. The monoisotopic (exact) mass is 319 g/mol. The second-order valence-electron chi connectivity index (χ2n) is 5.34. The molecule has 3 rings (SSSR count). The fourth-order valence-electron chi connectivity index (χ4n) is 2.78. The summed E-state index contributed by atoms with van der Waals surface area (Å²) in [6.07, 6.45) is 0. The van der Waals surface area contributed by atoms with E-state index >= 15 is 0 Å². The first kappa shape index (κ1) is 15.5. The SMILES string of the molecule is NC(=O)C[N+]12CC[N+](OS(=O)(=O)C(F)(F)F)(CC1)CC2. The molecule has 0 aliphatic carbocycles. The van der Waals surface area contributed by atoms with Gasteiger partial charge in [-0.05, 0) is 0 Å². The summed E-state index contributed by atoms with van der Waals surface area (Å²) in [6, 6.07) is 0. The van der Waals surface area contributed by atoms with Gasteiger partial charge >= 0.3 is 15.6 Å². The van der Waals surface area contributed by atoms with Crippen molar-refractivity contribution in [3.05, 3.63) is 0 Å². The van der Waals surface area contributed by atoms with E-state index < -0.39 is 26.2 Å². The molecule has 7 nitrogen and oxygen atoms in total. The van der Waals surface area contributed by atoms with E-state index in [1.165, 1.54) is 0 Å². The number of hydroxylamine groups is 3. The van der Waals surface area contributed by atoms with Crippen molar-refractivity contribution in [3.63, 3.8) is 0 Å². The van der Waals surface area contributed by atoms with Crippen LogP contribution in [-0.2, 0) is 19.2 Å². The summed E-state index contributed by atoms with van der Waals surface area (Å²) in [6.45, 7) is 1.57. The molecule has 0 aromatic rings. The number of halogens is 3. The molecule has 0 spiro atoms. The van der Waals surface area contributed by atoms with Crippen molar-refractivity contribution < 1.29 is 39.8 Å². The Labute approximate surface area is 113 Å². The van der Waals surface area contributed by atoms with Crippen LogP contribution in [0.3, 0.4) is 0 Å². The summed E-state index contributed by atoms with van der Waals surface area (Å²) in [5.41, 5.74) is -0.265. The first-order chi connectivity index (χ1) is 8.99. The number of amides is 1. The first-order valence-electron chi connectivity index (χ1n) is 6.01. The standard InChI is InChI=1S/C9H15F3N3O4S/c10-9(11,12)20(17,18)19-15-4-1-14(2-5-15,3-6-15)7-8(13)16/h1-7H2,(H-,13,16)/q+1/p+1. The predicted octanol–water partition coefficient (Wildman–Crippen LogP) is -1.09. The lowest BCUT2D eigenvalue weighted by Gasteiger charge is -2.51. The molecule has 20 heavy (non-hydrogen) atoms. The molecular formula is C9H16F3N3O4S+2. The maximum absolute atomic E-state index is 12.4. The second-order valence-corrected chi connectivity index (χ2v) is 6.86. The minimum atomic E-state index is -5.61. The van der Waals surface area contributed by atoms with E-state index in [1.54, 1.807) is 0 Å². The van der Waals surface area contributed by atoms with E-state index in [9.17, 15) is 26.4 Å². The highest BCUT2D eigenvalue weighted by Gasteiger charge is 2.58. The molecule has 2 bridgehead atoms. The zero-order chi connectivity index (χ0) is 15.2. The van der Waals surface area contributed by atoms with Gasteiger partial charge in [0.05, 0.1) is 0 Å². The number of alkyl halides is 3. The van der Waals surface area contributed by atoms with Gasteiger partial charge in [-0.15, -0.1) is 4.65 Å². The smallest absolute Gasteiger partial charge is 0.365 e. The molecule has 3 aliphatic heterocycles. The molecule has 0 atom stereocenters. The highest BCUT2D eigenvalue weighted by molar-refractivity contribution is 7.87. The van der Waals surface area contributed by atoms with E-state index in [4.69, 9.17) is 5.73 Å². The number of nitrogens with zero attached hydrogens (tertiary/aromatic N) is 2. The minimum absolute atomic E-state index is 0.114. The van der Waals surface area contributed by atoms with E-state index in [-0.39, 0.29) is 26.2 Å². The zero-order valence-electron chi connectivity index (χ0n) is 10.6. The topological polar surface area (TPSA) is 86.5 Å². The molecule has 0 aromatic heterocycles. The molecule has 3 saturated heterocycles. The van der Waals surface area contributed by atoms with E-state index in [2.05, 4.69) is 4.28 Å². The van der Waals surface area contributed by atoms with Crippen LogP contribution in [0, 0.1) is 0 Å². The number of fused-ring (bicyclic) bond motifs is 3. The van der Waals surface area contributed by atoms with Crippen LogP contribution in [0.4, 0.5) is 13.2 Å². The Kier molecular flexibility index (Phi) is 3.52. The minimum Gasteiger partial charge on any atom is -0.365 e. The van der Waals surface area contributed by atoms with Gasteiger partial charge in [0.2, 0.25) is 0 Å². The fourth-order valence-corrected chi connectivity index (χ4v) is 3.51. The lowest BCUT2D eigenvalue weighted by Crippen LogP contribution is -2.76. The Morgan fingerprint density at radius 2 is 1.55 bits per heavy atom. The van der Waals surface area contributed by atoms with Crippen molar-refractivity contribution >= 4 is 16.0 Å². The highest BCUT2D eigenvalue weighted by Crippen LogP contribution is 2.33. The van der Waals surface area contributed by atoms with Crippen molar-refractivity contribution in [3.8, 4) is 0 Å². The molecule has 0 radical (unpaired) electrons. The Hall–Kier alpha value is -0.910. The molecule has 0 saturated carbocycles. The maximum atomic E-state index is 12.4. The normalized spacial score (nSPS) is 34.1. The average molecular weight is 319 g/mol. The van der Waals surface area contributed by atoms with Crippen LogP contribution in [0.2, 0.25) is 0 Å². The largest absolute Gasteiger partial charge is 0.528 e. The van der Waals surface area contributed by atoms with Crippen molar-refractivity contribution in [1.29, 1.82) is 0 Å². The van der Waals surface area contributed by atoms with Gasteiger partial charge in [0, 0.05) is 0 Å². The fraction of sp³-hybridized carbons (Fsp3) is 0.889. The molecule has 3 heterocycles.